The van der Waals surface area contributed by atoms with E-state index in [0.29, 0.717) is 6.61 Å². The van der Waals surface area contributed by atoms with Crippen molar-refractivity contribution in [2.75, 3.05) is 6.61 Å². The van der Waals surface area contributed by atoms with E-state index in [9.17, 15) is 0 Å². The molecule has 1 heteroatoms. The van der Waals surface area contributed by atoms with Crippen molar-refractivity contribution in [3.05, 3.63) is 11.6 Å². The molecule has 0 aliphatic carbocycles. The summed E-state index contributed by atoms with van der Waals surface area (Å²) in [5.41, 5.74) is 1.36. The van der Waals surface area contributed by atoms with E-state index in [1.54, 1.807) is 0 Å². The molecular weight excluding hydrogens is 148 g/mol. The van der Waals surface area contributed by atoms with E-state index in [-0.39, 0.29) is 0 Å². The van der Waals surface area contributed by atoms with Gasteiger partial charge in [0, 0.05) is 13.0 Å². The first kappa shape index (κ1) is 11.3. The Morgan fingerprint density at radius 1 is 1.50 bits per heavy atom. The molecule has 0 saturated heterocycles. The summed E-state index contributed by atoms with van der Waals surface area (Å²) < 4.78 is 0. The Bertz CT molecular complexity index is 181. The zero-order valence-electron chi connectivity index (χ0n) is 8.06. The van der Waals surface area contributed by atoms with Gasteiger partial charge >= 0.3 is 0 Å². The van der Waals surface area contributed by atoms with E-state index in [1.807, 2.05) is 6.92 Å². The molecule has 0 aliphatic heterocycles. The van der Waals surface area contributed by atoms with Crippen LogP contribution in [0.2, 0.25) is 0 Å². The zero-order valence-corrected chi connectivity index (χ0v) is 8.06. The Kier molecular flexibility index (Phi) is 7.84. The van der Waals surface area contributed by atoms with Crippen molar-refractivity contribution in [2.45, 2.75) is 39.5 Å². The van der Waals surface area contributed by atoms with E-state index in [2.05, 4.69) is 24.8 Å². The lowest BCUT2D eigenvalue weighted by molar-refractivity contribution is 0.288. The number of aliphatic hydroxyl groups is 1. The molecule has 0 heterocycles. The highest BCUT2D eigenvalue weighted by Gasteiger charge is 1.88. The van der Waals surface area contributed by atoms with Gasteiger partial charge in [-0.15, -0.1) is 11.8 Å². The van der Waals surface area contributed by atoms with Gasteiger partial charge in [0.15, 0.2) is 0 Å². The molecule has 1 N–H and O–H groups in total. The predicted molar refractivity (Wildman–Crippen MR) is 52.8 cm³/mol. The minimum atomic E-state index is 0.292. The summed E-state index contributed by atoms with van der Waals surface area (Å²) in [6.07, 6.45) is 6.09. The topological polar surface area (TPSA) is 20.2 Å². The van der Waals surface area contributed by atoms with Crippen molar-refractivity contribution in [2.24, 2.45) is 0 Å². The monoisotopic (exact) mass is 166 g/mol. The van der Waals surface area contributed by atoms with Gasteiger partial charge in [-0.2, -0.15) is 0 Å². The van der Waals surface area contributed by atoms with E-state index >= 15 is 0 Å². The van der Waals surface area contributed by atoms with Gasteiger partial charge in [-0.25, -0.2) is 0 Å². The van der Waals surface area contributed by atoms with Crippen LogP contribution < -0.4 is 0 Å². The highest BCUT2D eigenvalue weighted by atomic mass is 16.2. The molecule has 12 heavy (non-hydrogen) atoms. The third kappa shape index (κ3) is 7.37. The summed E-state index contributed by atoms with van der Waals surface area (Å²) in [7, 11) is 0. The molecule has 0 aliphatic rings. The molecule has 0 radical (unpaired) electrons. The Morgan fingerprint density at radius 2 is 2.25 bits per heavy atom. The van der Waals surface area contributed by atoms with Crippen molar-refractivity contribution in [1.82, 2.24) is 0 Å². The molecule has 0 unspecified atom stereocenters. The number of allylic oxidation sites excluding steroid dienone is 2. The third-order valence-electron chi connectivity index (χ3n) is 1.67. The van der Waals surface area contributed by atoms with E-state index < -0.39 is 0 Å². The first-order valence-electron chi connectivity index (χ1n) is 4.47. The van der Waals surface area contributed by atoms with Crippen LogP contribution in [0.1, 0.15) is 39.5 Å². The maximum Gasteiger partial charge on any atom is 0.0434 e. The van der Waals surface area contributed by atoms with Crippen LogP contribution in [0, 0.1) is 11.8 Å². The number of aliphatic hydroxyl groups excluding tert-OH is 1. The maximum absolute atomic E-state index is 8.58. The number of hydrogen-bond donors (Lipinski definition) is 1. The Labute approximate surface area is 75.5 Å². The summed E-state index contributed by atoms with van der Waals surface area (Å²) in [6.45, 7) is 4.26. The predicted octanol–water partition coefficient (Wildman–Crippen LogP) is 2.51. The first-order valence-corrected chi connectivity index (χ1v) is 4.47. The Balaban J connectivity index is 3.45. The fraction of sp³-hybridized carbons (Fsp3) is 0.636. The smallest absolute Gasteiger partial charge is 0.0434 e. The molecule has 0 spiro atoms. The van der Waals surface area contributed by atoms with Crippen LogP contribution in [0.25, 0.3) is 0 Å². The fourth-order valence-electron chi connectivity index (χ4n) is 0.976. The lowest BCUT2D eigenvalue weighted by atomic mass is 10.1. The molecule has 68 valence electrons. The second-order valence-electron chi connectivity index (χ2n) is 2.84. The summed E-state index contributed by atoms with van der Waals surface area (Å²) in [5.74, 6) is 5.88. The second-order valence-corrected chi connectivity index (χ2v) is 2.84. The van der Waals surface area contributed by atoms with Crippen molar-refractivity contribution >= 4 is 0 Å². The quantitative estimate of drug-likeness (QED) is 0.378. The maximum atomic E-state index is 8.58. The minimum Gasteiger partial charge on any atom is -0.396 e. The molecule has 0 fully saturated rings. The van der Waals surface area contributed by atoms with Crippen LogP contribution in [0.15, 0.2) is 11.6 Å². The average molecular weight is 166 g/mol. The first-order chi connectivity index (χ1) is 5.81. The van der Waals surface area contributed by atoms with Gasteiger partial charge in [0.1, 0.15) is 0 Å². The van der Waals surface area contributed by atoms with Gasteiger partial charge in [0.05, 0.1) is 0 Å². The molecular formula is C11H18O. The molecule has 0 amide bonds. The van der Waals surface area contributed by atoms with Gasteiger partial charge in [-0.05, 0) is 33.1 Å². The SMILES string of the molecule is CC#CCC/C=C(\C)CCCO. The molecule has 0 atom stereocenters. The van der Waals surface area contributed by atoms with Crippen LogP contribution in [0.4, 0.5) is 0 Å². The molecule has 1 nitrogen and oxygen atoms in total. The van der Waals surface area contributed by atoms with E-state index in [0.717, 1.165) is 25.7 Å². The highest BCUT2D eigenvalue weighted by molar-refractivity contribution is 5.02. The van der Waals surface area contributed by atoms with Gasteiger partial charge < -0.3 is 5.11 Å². The molecule has 0 aromatic rings. The number of hydrogen-bond acceptors (Lipinski definition) is 1. The summed E-state index contributed by atoms with van der Waals surface area (Å²) in [6, 6.07) is 0. The Morgan fingerprint density at radius 3 is 2.83 bits per heavy atom. The van der Waals surface area contributed by atoms with Crippen molar-refractivity contribution in [3.8, 4) is 11.8 Å². The van der Waals surface area contributed by atoms with Crippen LogP contribution in [0.5, 0.6) is 0 Å². The largest absolute Gasteiger partial charge is 0.396 e. The van der Waals surface area contributed by atoms with Crippen LogP contribution >= 0.6 is 0 Å². The third-order valence-corrected chi connectivity index (χ3v) is 1.67. The van der Waals surface area contributed by atoms with Gasteiger partial charge in [0.2, 0.25) is 0 Å². The van der Waals surface area contributed by atoms with Crippen molar-refractivity contribution < 1.29 is 5.11 Å². The van der Waals surface area contributed by atoms with E-state index in [1.165, 1.54) is 5.57 Å². The normalized spacial score (nSPS) is 10.8. The molecule has 0 aromatic heterocycles. The number of unbranched alkanes of at least 4 members (excludes halogenated alkanes) is 1. The second kappa shape index (κ2) is 8.36. The highest BCUT2D eigenvalue weighted by Crippen LogP contribution is 2.05. The molecule has 0 bridgehead atoms. The molecule has 0 saturated carbocycles. The summed E-state index contributed by atoms with van der Waals surface area (Å²) in [4.78, 5) is 0. The summed E-state index contributed by atoms with van der Waals surface area (Å²) >= 11 is 0. The van der Waals surface area contributed by atoms with Gasteiger partial charge in [0.25, 0.3) is 0 Å². The minimum absolute atomic E-state index is 0.292. The van der Waals surface area contributed by atoms with Crippen molar-refractivity contribution in [1.29, 1.82) is 0 Å². The summed E-state index contributed by atoms with van der Waals surface area (Å²) in [5, 5.41) is 8.58. The van der Waals surface area contributed by atoms with E-state index in [4.69, 9.17) is 5.11 Å². The average Bonchev–Trinajstić information content (AvgIpc) is 2.09. The fourth-order valence-corrected chi connectivity index (χ4v) is 0.976. The van der Waals surface area contributed by atoms with Crippen molar-refractivity contribution in [3.63, 3.8) is 0 Å². The zero-order chi connectivity index (χ0) is 9.23. The number of rotatable bonds is 5. The molecule has 0 aromatic carbocycles. The lowest BCUT2D eigenvalue weighted by Crippen LogP contribution is -1.83. The van der Waals surface area contributed by atoms with Crippen LogP contribution in [-0.4, -0.2) is 11.7 Å². The van der Waals surface area contributed by atoms with Gasteiger partial charge in [-0.1, -0.05) is 11.6 Å². The molecule has 0 rings (SSSR count). The lowest BCUT2D eigenvalue weighted by Gasteiger charge is -1.97. The van der Waals surface area contributed by atoms with Crippen LogP contribution in [-0.2, 0) is 0 Å². The standard InChI is InChI=1S/C11H18O/c1-3-4-5-6-8-11(2)9-7-10-12/h8,12H,5-7,9-10H2,1-2H3/b11-8+. The van der Waals surface area contributed by atoms with Gasteiger partial charge in [-0.3, -0.25) is 0 Å². The Hall–Kier alpha value is -0.740. The van der Waals surface area contributed by atoms with Crippen LogP contribution in [0.3, 0.4) is 0 Å².